The minimum Gasteiger partial charge on any atom is -0.207 e. The van der Waals surface area contributed by atoms with Crippen molar-refractivity contribution in [2.24, 2.45) is 7.05 Å². The van der Waals surface area contributed by atoms with E-state index in [1.807, 2.05) is 12.1 Å². The summed E-state index contributed by atoms with van der Waals surface area (Å²) in [6.07, 6.45) is 2.07. The van der Waals surface area contributed by atoms with Gasteiger partial charge in [-0.25, -0.2) is 8.96 Å². The van der Waals surface area contributed by atoms with E-state index in [9.17, 15) is 4.39 Å². The van der Waals surface area contributed by atoms with Crippen molar-refractivity contribution in [3.8, 4) is 22.4 Å². The van der Waals surface area contributed by atoms with Crippen LogP contribution in [-0.4, -0.2) is 0 Å². The van der Waals surface area contributed by atoms with Gasteiger partial charge in [0.15, 0.2) is 6.20 Å². The third-order valence-electron chi connectivity index (χ3n) is 5.29. The summed E-state index contributed by atoms with van der Waals surface area (Å²) in [7, 11) is 2.07. The average molecular weight is 318 g/mol. The largest absolute Gasteiger partial charge is 0.212 e. The van der Waals surface area contributed by atoms with Crippen LogP contribution in [0.4, 0.5) is 4.39 Å². The molecule has 0 amide bonds. The Balaban J connectivity index is 2.11. The first-order chi connectivity index (χ1) is 11.4. The van der Waals surface area contributed by atoms with E-state index in [-0.39, 0.29) is 11.2 Å². The standard InChI is InChI=1S/C22H21FN/c1-14-8-10-17-16-11-9-15(23)13-18(16)22(2,3)21(17)20(14)19-7-5-6-12-24(19)4/h5-13H,1-4H3/q+1. The van der Waals surface area contributed by atoms with Gasteiger partial charge >= 0.3 is 0 Å². The highest BCUT2D eigenvalue weighted by atomic mass is 19.1. The molecule has 3 aromatic rings. The molecular formula is C22H21FN+. The molecule has 1 aromatic heterocycles. The smallest absolute Gasteiger partial charge is 0.207 e. The molecule has 2 heteroatoms. The molecule has 1 aliphatic carbocycles. The first-order valence-electron chi connectivity index (χ1n) is 8.31. The maximum absolute atomic E-state index is 13.9. The molecule has 0 radical (unpaired) electrons. The van der Waals surface area contributed by atoms with Gasteiger partial charge in [0, 0.05) is 17.5 Å². The fraction of sp³-hybridized carbons (Fsp3) is 0.227. The lowest BCUT2D eigenvalue weighted by atomic mass is 9.78. The van der Waals surface area contributed by atoms with Crippen molar-refractivity contribution in [2.75, 3.05) is 0 Å². The molecule has 0 fully saturated rings. The average Bonchev–Trinajstić information content (AvgIpc) is 2.76. The Labute approximate surface area is 142 Å². The van der Waals surface area contributed by atoms with Gasteiger partial charge in [0.1, 0.15) is 12.9 Å². The minimum atomic E-state index is -0.225. The molecule has 0 saturated carbocycles. The van der Waals surface area contributed by atoms with Gasteiger partial charge in [0.2, 0.25) is 5.69 Å². The van der Waals surface area contributed by atoms with Crippen LogP contribution in [-0.2, 0) is 12.5 Å². The summed E-state index contributed by atoms with van der Waals surface area (Å²) in [5.41, 5.74) is 8.21. The van der Waals surface area contributed by atoms with Crippen LogP contribution >= 0.6 is 0 Å². The van der Waals surface area contributed by atoms with E-state index in [0.717, 1.165) is 11.1 Å². The quantitative estimate of drug-likeness (QED) is 0.560. The molecule has 0 N–H and O–H groups in total. The van der Waals surface area contributed by atoms with Gasteiger partial charge in [-0.3, -0.25) is 0 Å². The molecule has 1 nitrogen and oxygen atoms in total. The van der Waals surface area contributed by atoms with Crippen LogP contribution in [0.25, 0.3) is 22.4 Å². The summed E-state index contributed by atoms with van der Waals surface area (Å²) in [6, 6.07) is 15.8. The zero-order valence-electron chi connectivity index (χ0n) is 14.5. The summed E-state index contributed by atoms with van der Waals surface area (Å²) in [5.74, 6) is -0.168. The molecule has 0 aliphatic heterocycles. The number of hydrogen-bond acceptors (Lipinski definition) is 0. The number of hydrogen-bond donors (Lipinski definition) is 0. The molecule has 1 aliphatic rings. The SMILES string of the molecule is Cc1ccc2c(c1-c1cccc[n+]1C)C(C)(C)c1cc(F)ccc1-2. The number of rotatable bonds is 1. The van der Waals surface area contributed by atoms with Crippen molar-refractivity contribution in [2.45, 2.75) is 26.2 Å². The van der Waals surface area contributed by atoms with Crippen LogP contribution in [0.3, 0.4) is 0 Å². The number of benzene rings is 2. The first kappa shape index (κ1) is 15.1. The summed E-state index contributed by atoms with van der Waals surface area (Å²) < 4.78 is 16.0. The predicted octanol–water partition coefficient (Wildman–Crippen LogP) is 4.93. The van der Waals surface area contributed by atoms with Crippen LogP contribution in [0.15, 0.2) is 54.7 Å². The Morgan fingerprint density at radius 3 is 2.46 bits per heavy atom. The Morgan fingerprint density at radius 1 is 0.958 bits per heavy atom. The van der Waals surface area contributed by atoms with E-state index in [1.165, 1.54) is 27.9 Å². The zero-order chi connectivity index (χ0) is 17.1. The third-order valence-corrected chi connectivity index (χ3v) is 5.29. The molecule has 0 bridgehead atoms. The summed E-state index contributed by atoms with van der Waals surface area (Å²) in [4.78, 5) is 0. The summed E-state index contributed by atoms with van der Waals surface area (Å²) in [6.45, 7) is 6.55. The normalized spacial score (nSPS) is 14.4. The number of aryl methyl sites for hydroxylation is 2. The van der Waals surface area contributed by atoms with Gasteiger partial charge in [-0.05, 0) is 52.9 Å². The van der Waals surface area contributed by atoms with E-state index in [2.05, 4.69) is 62.8 Å². The Bertz CT molecular complexity index is 970. The van der Waals surface area contributed by atoms with Crippen LogP contribution in [0.5, 0.6) is 0 Å². The number of fused-ring (bicyclic) bond motifs is 3. The second kappa shape index (κ2) is 5.01. The molecular weight excluding hydrogens is 297 g/mol. The fourth-order valence-electron chi connectivity index (χ4n) is 4.10. The Morgan fingerprint density at radius 2 is 1.71 bits per heavy atom. The van der Waals surface area contributed by atoms with E-state index in [0.29, 0.717) is 0 Å². The zero-order valence-corrected chi connectivity index (χ0v) is 14.5. The lowest BCUT2D eigenvalue weighted by Gasteiger charge is -2.24. The molecule has 2 aromatic carbocycles. The van der Waals surface area contributed by atoms with Crippen molar-refractivity contribution in [1.82, 2.24) is 0 Å². The highest BCUT2D eigenvalue weighted by Gasteiger charge is 2.39. The predicted molar refractivity (Wildman–Crippen MR) is 95.3 cm³/mol. The fourth-order valence-corrected chi connectivity index (χ4v) is 4.10. The molecule has 0 saturated heterocycles. The molecule has 0 unspecified atom stereocenters. The third kappa shape index (κ3) is 1.96. The van der Waals surface area contributed by atoms with Gasteiger partial charge in [-0.1, -0.05) is 32.0 Å². The van der Waals surface area contributed by atoms with Crippen LogP contribution in [0.2, 0.25) is 0 Å². The van der Waals surface area contributed by atoms with Crippen molar-refractivity contribution in [3.63, 3.8) is 0 Å². The topological polar surface area (TPSA) is 3.88 Å². The minimum absolute atomic E-state index is 0.168. The molecule has 1 heterocycles. The van der Waals surface area contributed by atoms with Gasteiger partial charge in [0.05, 0.1) is 5.56 Å². The van der Waals surface area contributed by atoms with Crippen molar-refractivity contribution in [1.29, 1.82) is 0 Å². The molecule has 0 atom stereocenters. The Kier molecular flexibility index (Phi) is 3.14. The highest BCUT2D eigenvalue weighted by Crippen LogP contribution is 2.52. The van der Waals surface area contributed by atoms with Crippen LogP contribution in [0, 0.1) is 12.7 Å². The lowest BCUT2D eigenvalue weighted by Crippen LogP contribution is -2.31. The summed E-state index contributed by atoms with van der Waals surface area (Å²) in [5, 5.41) is 0. The highest BCUT2D eigenvalue weighted by molar-refractivity contribution is 5.88. The molecule has 4 rings (SSSR count). The Hall–Kier alpha value is -2.48. The van der Waals surface area contributed by atoms with Crippen molar-refractivity contribution < 1.29 is 8.96 Å². The lowest BCUT2D eigenvalue weighted by molar-refractivity contribution is -0.660. The number of halogens is 1. The summed E-state index contributed by atoms with van der Waals surface area (Å²) >= 11 is 0. The van der Waals surface area contributed by atoms with Gasteiger partial charge in [0.25, 0.3) is 0 Å². The van der Waals surface area contributed by atoms with E-state index in [1.54, 1.807) is 12.1 Å². The maximum Gasteiger partial charge on any atom is 0.212 e. The van der Waals surface area contributed by atoms with E-state index in [4.69, 9.17) is 0 Å². The van der Waals surface area contributed by atoms with Crippen LogP contribution < -0.4 is 4.57 Å². The van der Waals surface area contributed by atoms with Crippen molar-refractivity contribution >= 4 is 0 Å². The number of nitrogens with zero attached hydrogens (tertiary/aromatic N) is 1. The molecule has 24 heavy (non-hydrogen) atoms. The second-order valence-corrected chi connectivity index (χ2v) is 7.19. The van der Waals surface area contributed by atoms with Crippen molar-refractivity contribution in [3.05, 3.63) is 77.2 Å². The monoisotopic (exact) mass is 318 g/mol. The van der Waals surface area contributed by atoms with Gasteiger partial charge in [-0.2, -0.15) is 0 Å². The van der Waals surface area contributed by atoms with Crippen LogP contribution in [0.1, 0.15) is 30.5 Å². The van der Waals surface area contributed by atoms with E-state index < -0.39 is 0 Å². The number of pyridine rings is 1. The van der Waals surface area contributed by atoms with E-state index >= 15 is 0 Å². The van der Waals surface area contributed by atoms with Gasteiger partial charge < -0.3 is 0 Å². The molecule has 0 spiro atoms. The number of aromatic nitrogens is 1. The van der Waals surface area contributed by atoms with Gasteiger partial charge in [-0.15, -0.1) is 0 Å². The first-order valence-corrected chi connectivity index (χ1v) is 8.31. The maximum atomic E-state index is 13.9. The second-order valence-electron chi connectivity index (χ2n) is 7.19. The molecule has 120 valence electrons.